The minimum absolute atomic E-state index is 0. The summed E-state index contributed by atoms with van der Waals surface area (Å²) in [6, 6.07) is 21.8. The average molecular weight is 447 g/mol. The molecular formula is C23H30IN. The molecule has 0 radical (unpaired) electrons. The van der Waals surface area contributed by atoms with Crippen LogP contribution >= 0.6 is 0 Å². The molecule has 0 saturated heterocycles. The molecule has 0 bridgehead atoms. The standard InChI is InChI=1S/C23H30N.HI/c1-5-24(4,6-2)20(3)14-13-19-23(21-15-9-7-10-16-21)22-17-11-8-12-18-22;/h7-12,15-18,20,23H,5-6,19H2,1-4H3;1H/q+1;/p-1. The maximum absolute atomic E-state index is 3.52. The molecule has 0 heterocycles. The molecular weight excluding hydrogens is 417 g/mol. The number of quaternary nitrogens is 1. The van der Waals surface area contributed by atoms with Crippen LogP contribution in [0.5, 0.6) is 0 Å². The van der Waals surface area contributed by atoms with Gasteiger partial charge in [0.25, 0.3) is 0 Å². The first-order valence-electron chi connectivity index (χ1n) is 9.03. The molecule has 0 fully saturated rings. The van der Waals surface area contributed by atoms with Gasteiger partial charge in [0.05, 0.1) is 20.1 Å². The van der Waals surface area contributed by atoms with E-state index in [9.17, 15) is 0 Å². The lowest BCUT2D eigenvalue weighted by atomic mass is 9.89. The smallest absolute Gasteiger partial charge is 0.147 e. The van der Waals surface area contributed by atoms with Crippen LogP contribution < -0.4 is 24.0 Å². The fraction of sp³-hybridized carbons (Fsp3) is 0.391. The molecule has 2 heteroatoms. The molecule has 0 aliphatic rings. The van der Waals surface area contributed by atoms with Crippen LogP contribution in [0.25, 0.3) is 0 Å². The molecule has 0 aliphatic carbocycles. The van der Waals surface area contributed by atoms with Gasteiger partial charge in [-0.1, -0.05) is 66.6 Å². The average Bonchev–Trinajstić information content (AvgIpc) is 2.65. The van der Waals surface area contributed by atoms with E-state index in [0.29, 0.717) is 12.0 Å². The van der Waals surface area contributed by atoms with Crippen molar-refractivity contribution >= 4 is 0 Å². The van der Waals surface area contributed by atoms with Crippen LogP contribution in [0, 0.1) is 11.8 Å². The van der Waals surface area contributed by atoms with Crippen molar-refractivity contribution in [3.8, 4) is 11.8 Å². The predicted octanol–water partition coefficient (Wildman–Crippen LogP) is 2.09. The summed E-state index contributed by atoms with van der Waals surface area (Å²) in [7, 11) is 2.30. The molecule has 1 atom stereocenters. The Kier molecular flexibility index (Phi) is 9.24. The molecule has 0 saturated carbocycles. The molecule has 134 valence electrons. The molecule has 2 aromatic rings. The van der Waals surface area contributed by atoms with Gasteiger partial charge in [-0.3, -0.25) is 0 Å². The SMILES string of the molecule is CC[N+](C)(CC)C(C)C#CCC(c1ccccc1)c1ccccc1.[I-]. The molecule has 1 unspecified atom stereocenters. The van der Waals surface area contributed by atoms with E-state index in [1.165, 1.54) is 11.1 Å². The zero-order valence-electron chi connectivity index (χ0n) is 15.9. The Morgan fingerprint density at radius 1 is 0.840 bits per heavy atom. The Bertz CT molecular complexity index is 626. The minimum Gasteiger partial charge on any atom is -1.00 e. The first-order chi connectivity index (χ1) is 11.6. The second-order valence-corrected chi connectivity index (χ2v) is 6.69. The van der Waals surface area contributed by atoms with E-state index in [-0.39, 0.29) is 24.0 Å². The molecule has 0 N–H and O–H groups in total. The van der Waals surface area contributed by atoms with Crippen LogP contribution in [0.3, 0.4) is 0 Å². The predicted molar refractivity (Wildman–Crippen MR) is 104 cm³/mol. The van der Waals surface area contributed by atoms with Crippen LogP contribution in [0.15, 0.2) is 60.7 Å². The molecule has 0 spiro atoms. The van der Waals surface area contributed by atoms with Gasteiger partial charge in [0, 0.05) is 12.3 Å². The Morgan fingerprint density at radius 2 is 1.28 bits per heavy atom. The van der Waals surface area contributed by atoms with Gasteiger partial charge in [0.2, 0.25) is 0 Å². The summed E-state index contributed by atoms with van der Waals surface area (Å²) in [5.41, 5.74) is 2.68. The third kappa shape index (κ3) is 5.87. The van der Waals surface area contributed by atoms with Gasteiger partial charge >= 0.3 is 0 Å². The van der Waals surface area contributed by atoms with Gasteiger partial charge in [0.1, 0.15) is 6.04 Å². The van der Waals surface area contributed by atoms with E-state index >= 15 is 0 Å². The molecule has 25 heavy (non-hydrogen) atoms. The first-order valence-corrected chi connectivity index (χ1v) is 9.03. The van der Waals surface area contributed by atoms with Gasteiger partial charge in [0.15, 0.2) is 0 Å². The maximum Gasteiger partial charge on any atom is 0.147 e. The lowest BCUT2D eigenvalue weighted by Gasteiger charge is -2.35. The number of hydrogen-bond donors (Lipinski definition) is 0. The number of rotatable bonds is 6. The van der Waals surface area contributed by atoms with Crippen molar-refractivity contribution in [3.05, 3.63) is 71.8 Å². The molecule has 1 nitrogen and oxygen atoms in total. The van der Waals surface area contributed by atoms with E-state index in [0.717, 1.165) is 24.0 Å². The zero-order valence-corrected chi connectivity index (χ0v) is 18.0. The summed E-state index contributed by atoms with van der Waals surface area (Å²) in [5.74, 6) is 7.35. The van der Waals surface area contributed by atoms with Gasteiger partial charge in [-0.15, -0.1) is 0 Å². The zero-order chi connectivity index (χ0) is 17.4. The van der Waals surface area contributed by atoms with E-state index in [2.05, 4.69) is 100 Å². The Hall–Kier alpha value is -1.31. The Morgan fingerprint density at radius 3 is 1.68 bits per heavy atom. The topological polar surface area (TPSA) is 0 Å². The van der Waals surface area contributed by atoms with Crippen LogP contribution in [-0.2, 0) is 0 Å². The van der Waals surface area contributed by atoms with Gasteiger partial charge < -0.3 is 28.5 Å². The third-order valence-electron chi connectivity index (χ3n) is 5.40. The monoisotopic (exact) mass is 447 g/mol. The molecule has 0 aliphatic heterocycles. The van der Waals surface area contributed by atoms with E-state index in [4.69, 9.17) is 0 Å². The van der Waals surface area contributed by atoms with Crippen molar-refractivity contribution in [2.24, 2.45) is 0 Å². The molecule has 0 aromatic heterocycles. The van der Waals surface area contributed by atoms with Crippen LogP contribution in [-0.4, -0.2) is 30.7 Å². The van der Waals surface area contributed by atoms with Crippen molar-refractivity contribution in [2.45, 2.75) is 39.2 Å². The minimum atomic E-state index is 0. The van der Waals surface area contributed by atoms with Crippen LogP contribution in [0.4, 0.5) is 0 Å². The molecule has 2 rings (SSSR count). The number of halogens is 1. The quantitative estimate of drug-likeness (QED) is 0.362. The third-order valence-corrected chi connectivity index (χ3v) is 5.40. The van der Waals surface area contributed by atoms with Crippen LogP contribution in [0.2, 0.25) is 0 Å². The van der Waals surface area contributed by atoms with Crippen molar-refractivity contribution in [1.82, 2.24) is 0 Å². The summed E-state index contributed by atoms with van der Waals surface area (Å²) >= 11 is 0. The first kappa shape index (κ1) is 21.7. The lowest BCUT2D eigenvalue weighted by Crippen LogP contribution is -3.00. The molecule has 0 amide bonds. The summed E-state index contributed by atoms with van der Waals surface area (Å²) in [5, 5.41) is 0. The van der Waals surface area contributed by atoms with E-state index in [1.54, 1.807) is 0 Å². The summed E-state index contributed by atoms with van der Waals surface area (Å²) in [6.07, 6.45) is 0.867. The summed E-state index contributed by atoms with van der Waals surface area (Å²) in [6.45, 7) is 8.98. The van der Waals surface area contributed by atoms with Gasteiger partial charge in [-0.2, -0.15) is 0 Å². The lowest BCUT2D eigenvalue weighted by molar-refractivity contribution is -0.920. The second-order valence-electron chi connectivity index (χ2n) is 6.69. The van der Waals surface area contributed by atoms with Crippen LogP contribution in [0.1, 0.15) is 44.2 Å². The summed E-state index contributed by atoms with van der Waals surface area (Å²) < 4.78 is 1.01. The largest absolute Gasteiger partial charge is 1.00 e. The van der Waals surface area contributed by atoms with Crippen molar-refractivity contribution < 1.29 is 28.5 Å². The highest BCUT2D eigenvalue weighted by atomic mass is 127. The number of hydrogen-bond acceptors (Lipinski definition) is 0. The fourth-order valence-electron chi connectivity index (χ4n) is 3.03. The van der Waals surface area contributed by atoms with Gasteiger partial charge in [-0.05, 0) is 37.8 Å². The Balaban J connectivity index is 0.00000312. The van der Waals surface area contributed by atoms with E-state index < -0.39 is 0 Å². The second kappa shape index (κ2) is 10.6. The number of benzene rings is 2. The van der Waals surface area contributed by atoms with Crippen molar-refractivity contribution in [1.29, 1.82) is 0 Å². The normalized spacial score (nSPS) is 12.0. The van der Waals surface area contributed by atoms with Crippen molar-refractivity contribution in [3.63, 3.8) is 0 Å². The maximum atomic E-state index is 3.52. The fourth-order valence-corrected chi connectivity index (χ4v) is 3.03. The van der Waals surface area contributed by atoms with Crippen molar-refractivity contribution in [2.75, 3.05) is 20.1 Å². The molecule has 2 aromatic carbocycles. The highest BCUT2D eigenvalue weighted by Gasteiger charge is 2.23. The summed E-state index contributed by atoms with van der Waals surface area (Å²) in [4.78, 5) is 0. The number of nitrogens with zero attached hydrogens (tertiary/aromatic N) is 1. The highest BCUT2D eigenvalue weighted by molar-refractivity contribution is 5.34. The van der Waals surface area contributed by atoms with Gasteiger partial charge in [-0.25, -0.2) is 0 Å². The highest BCUT2D eigenvalue weighted by Crippen LogP contribution is 2.27. The Labute approximate surface area is 171 Å². The van der Waals surface area contributed by atoms with E-state index in [1.807, 2.05) is 0 Å².